The number of halogens is 1. The summed E-state index contributed by atoms with van der Waals surface area (Å²) in [6.07, 6.45) is 8.66. The predicted octanol–water partition coefficient (Wildman–Crippen LogP) is 5.97. The van der Waals surface area contributed by atoms with Crippen molar-refractivity contribution in [3.8, 4) is 11.1 Å². The van der Waals surface area contributed by atoms with Gasteiger partial charge in [-0.1, -0.05) is 35.9 Å². The van der Waals surface area contributed by atoms with Crippen molar-refractivity contribution < 1.29 is 24.3 Å². The second-order valence-corrected chi connectivity index (χ2v) is 18.5. The summed E-state index contributed by atoms with van der Waals surface area (Å²) in [6.45, 7) is 7.16. The number of carbonyl (C=O) groups excluding carboxylic acids is 3. The van der Waals surface area contributed by atoms with Crippen molar-refractivity contribution in [1.29, 1.82) is 0 Å². The number of hydrogen-bond donors (Lipinski definition) is 4. The maximum absolute atomic E-state index is 13.9. The number of carboxylic acids is 1. The molecule has 2 saturated carbocycles. The minimum Gasteiger partial charge on any atom is -0.481 e. The maximum atomic E-state index is 13.9. The van der Waals surface area contributed by atoms with Crippen LogP contribution in [0.5, 0.6) is 0 Å². The van der Waals surface area contributed by atoms with E-state index >= 15 is 0 Å². The highest BCUT2D eigenvalue weighted by Gasteiger charge is 2.57. The fourth-order valence-corrected chi connectivity index (χ4v) is 11.4. The Morgan fingerprint density at radius 3 is 2.03 bits per heavy atom. The summed E-state index contributed by atoms with van der Waals surface area (Å²) in [5.74, 6) is -0.617. The molecule has 4 amide bonds. The normalized spacial score (nSPS) is 22.9. The number of amides is 4. The van der Waals surface area contributed by atoms with Gasteiger partial charge in [-0.25, -0.2) is 14.8 Å². The third-order valence-electron chi connectivity index (χ3n) is 14.8. The second-order valence-electron chi connectivity index (χ2n) is 18.1. The molecule has 16 heteroatoms. The minimum absolute atomic E-state index is 0.137. The zero-order chi connectivity index (χ0) is 42.8. The highest BCUT2D eigenvalue weighted by atomic mass is 35.5. The Kier molecular flexibility index (Phi) is 10.7. The smallest absolute Gasteiger partial charge is 0.314 e. The van der Waals surface area contributed by atoms with E-state index in [1.165, 1.54) is 0 Å². The van der Waals surface area contributed by atoms with Crippen LogP contribution in [0.2, 0.25) is 5.02 Å². The Labute approximate surface area is 360 Å². The number of piperidine rings is 1. The lowest BCUT2D eigenvalue weighted by molar-refractivity contribution is -0.148. The Balaban J connectivity index is 0.850. The number of carbonyl (C=O) groups is 4. The van der Waals surface area contributed by atoms with E-state index in [1.54, 1.807) is 11.0 Å². The molecule has 2 aromatic heterocycles. The van der Waals surface area contributed by atoms with E-state index in [9.17, 15) is 24.3 Å². The number of urea groups is 1. The second kappa shape index (κ2) is 15.9. The Morgan fingerprint density at radius 2 is 1.41 bits per heavy atom. The van der Waals surface area contributed by atoms with Crippen molar-refractivity contribution in [3.05, 3.63) is 81.4 Å². The third-order valence-corrected chi connectivity index (χ3v) is 15.2. The molecule has 1 saturated heterocycles. The van der Waals surface area contributed by atoms with Crippen LogP contribution in [0.4, 0.5) is 16.2 Å². The van der Waals surface area contributed by atoms with Gasteiger partial charge in [-0.15, -0.1) is 0 Å². The SMILES string of the molecule is Cc1c(NC(=O)c2nc3c(n2C)CCN(CCC24CCC(C(=O)O)(CC2)C4)C3)cccc1-c1cccc(NC(=O)c2nc3c(n2C)CCN(C2CCN(C(N)=O)CC2)C3)c1Cl. The molecule has 5 aliphatic rings. The number of fused-ring (bicyclic) bond motifs is 4. The zero-order valence-electron chi connectivity index (χ0n) is 35.2. The van der Waals surface area contributed by atoms with Crippen LogP contribution in [-0.4, -0.2) is 101 Å². The van der Waals surface area contributed by atoms with Crippen molar-refractivity contribution >= 4 is 46.8 Å². The quantitative estimate of drug-likeness (QED) is 0.149. The molecule has 4 aromatic rings. The average Bonchev–Trinajstić information content (AvgIpc) is 4.02. The van der Waals surface area contributed by atoms with Crippen molar-refractivity contribution in [3.63, 3.8) is 0 Å². The van der Waals surface area contributed by atoms with Gasteiger partial charge in [0.1, 0.15) is 0 Å². The zero-order valence-corrected chi connectivity index (χ0v) is 36.0. The van der Waals surface area contributed by atoms with Crippen LogP contribution in [0.25, 0.3) is 11.1 Å². The number of likely N-dealkylation sites (tertiary alicyclic amines) is 1. The molecule has 3 aliphatic heterocycles. The lowest BCUT2D eigenvalue weighted by Crippen LogP contribution is -2.49. The summed E-state index contributed by atoms with van der Waals surface area (Å²) in [4.78, 5) is 67.4. The van der Waals surface area contributed by atoms with Gasteiger partial charge in [-0.3, -0.25) is 24.2 Å². The number of anilines is 2. The summed E-state index contributed by atoms with van der Waals surface area (Å²) in [7, 11) is 3.77. The largest absolute Gasteiger partial charge is 0.481 e. The van der Waals surface area contributed by atoms with Crippen LogP contribution in [0.15, 0.2) is 36.4 Å². The van der Waals surface area contributed by atoms with Crippen LogP contribution in [0.1, 0.15) is 101 Å². The summed E-state index contributed by atoms with van der Waals surface area (Å²) in [5.41, 5.74) is 12.4. The van der Waals surface area contributed by atoms with Gasteiger partial charge in [0.05, 0.1) is 27.5 Å². The van der Waals surface area contributed by atoms with Crippen molar-refractivity contribution in [2.75, 3.05) is 43.4 Å². The van der Waals surface area contributed by atoms with E-state index in [2.05, 4.69) is 20.4 Å². The molecule has 2 aliphatic carbocycles. The highest BCUT2D eigenvalue weighted by Crippen LogP contribution is 2.63. The molecule has 61 heavy (non-hydrogen) atoms. The van der Waals surface area contributed by atoms with E-state index in [-0.39, 0.29) is 23.3 Å². The van der Waals surface area contributed by atoms with Crippen molar-refractivity contribution in [1.82, 2.24) is 33.8 Å². The molecule has 9 rings (SSSR count). The lowest BCUT2D eigenvalue weighted by atomic mass is 9.80. The molecule has 2 bridgehead atoms. The van der Waals surface area contributed by atoms with E-state index in [0.717, 1.165) is 118 Å². The van der Waals surface area contributed by atoms with Crippen LogP contribution in [0.3, 0.4) is 0 Å². The van der Waals surface area contributed by atoms with Crippen molar-refractivity contribution in [2.45, 2.75) is 90.3 Å². The first-order valence-electron chi connectivity index (χ1n) is 21.6. The number of nitrogens with two attached hydrogens (primary N) is 1. The number of rotatable bonds is 10. The number of imidazole rings is 2. The fraction of sp³-hybridized carbons (Fsp3) is 0.511. The molecule has 0 radical (unpaired) electrons. The number of nitrogens with zero attached hydrogens (tertiary/aromatic N) is 7. The van der Waals surface area contributed by atoms with Gasteiger partial charge in [0.25, 0.3) is 11.8 Å². The van der Waals surface area contributed by atoms with Gasteiger partial charge >= 0.3 is 12.0 Å². The standard InChI is InChI=1S/C45H55ClN10O5/c1-27-29(30-7-5-9-32(37(30)46)51-41(58)39-49-34-25-56(22-13-36(34)53(39)3)28-10-20-55(21-11-28)43(47)61)6-4-8-31(27)50-40(57)38-48-33-24-54(19-12-35(33)52(38)2)23-18-44-14-16-45(26-44,17-15-44)42(59)60/h4-9,28H,10-26H2,1-3H3,(H2,47,61)(H,50,57)(H,51,58)(H,59,60). The number of hydrogen-bond acceptors (Lipinski definition) is 8. The van der Waals surface area contributed by atoms with Crippen LogP contribution in [-0.2, 0) is 44.8 Å². The molecule has 0 unspecified atom stereocenters. The molecule has 0 atom stereocenters. The number of benzene rings is 2. The van der Waals surface area contributed by atoms with E-state index in [1.807, 2.05) is 60.5 Å². The van der Waals surface area contributed by atoms with Crippen LogP contribution >= 0.6 is 11.6 Å². The molecule has 322 valence electrons. The Bertz CT molecular complexity index is 2420. The maximum Gasteiger partial charge on any atom is 0.314 e. The Hall–Kier alpha value is -5.25. The van der Waals surface area contributed by atoms with Gasteiger partial charge in [-0.05, 0) is 93.5 Å². The van der Waals surface area contributed by atoms with Gasteiger partial charge in [0.15, 0.2) is 11.6 Å². The first-order valence-corrected chi connectivity index (χ1v) is 22.0. The summed E-state index contributed by atoms with van der Waals surface area (Å²) in [6, 6.07) is 11.1. The van der Waals surface area contributed by atoms with E-state index in [4.69, 9.17) is 27.3 Å². The number of nitrogens with one attached hydrogen (secondary N) is 2. The summed E-state index contributed by atoms with van der Waals surface area (Å²) in [5, 5.41) is 16.3. The minimum atomic E-state index is -0.624. The van der Waals surface area contributed by atoms with Crippen LogP contribution in [0, 0.1) is 17.8 Å². The average molecular weight is 851 g/mol. The first-order chi connectivity index (χ1) is 29.2. The fourth-order valence-electron chi connectivity index (χ4n) is 11.1. The lowest BCUT2D eigenvalue weighted by Gasteiger charge is -2.39. The number of aromatic nitrogens is 4. The number of aliphatic carboxylic acids is 1. The molecule has 5 heterocycles. The summed E-state index contributed by atoms with van der Waals surface area (Å²) < 4.78 is 3.78. The molecule has 2 aromatic carbocycles. The predicted molar refractivity (Wildman–Crippen MR) is 231 cm³/mol. The molecule has 3 fully saturated rings. The topological polar surface area (TPSA) is 184 Å². The molecule has 15 nitrogen and oxygen atoms in total. The first kappa shape index (κ1) is 41.1. The molecular weight excluding hydrogens is 796 g/mol. The monoisotopic (exact) mass is 850 g/mol. The number of primary amides is 1. The van der Waals surface area contributed by atoms with E-state index in [0.29, 0.717) is 65.8 Å². The van der Waals surface area contributed by atoms with Crippen molar-refractivity contribution in [2.24, 2.45) is 30.7 Å². The van der Waals surface area contributed by atoms with Gasteiger partial charge in [0.2, 0.25) is 0 Å². The van der Waals surface area contributed by atoms with Gasteiger partial charge in [-0.2, -0.15) is 0 Å². The molecule has 5 N–H and O–H groups in total. The molecule has 0 spiro atoms. The van der Waals surface area contributed by atoms with Gasteiger partial charge < -0.3 is 35.5 Å². The van der Waals surface area contributed by atoms with E-state index < -0.39 is 11.4 Å². The number of carboxylic acid groups (broad SMARTS) is 1. The summed E-state index contributed by atoms with van der Waals surface area (Å²) >= 11 is 7.05. The Morgan fingerprint density at radius 1 is 0.820 bits per heavy atom. The highest BCUT2D eigenvalue weighted by molar-refractivity contribution is 6.36. The molecular formula is C45H55ClN10O5. The third kappa shape index (κ3) is 7.48. The van der Waals surface area contributed by atoms with Gasteiger partial charge in [0, 0.05) is 94.9 Å². The van der Waals surface area contributed by atoms with Crippen LogP contribution < -0.4 is 16.4 Å².